The van der Waals surface area contributed by atoms with Gasteiger partial charge in [-0.3, -0.25) is 9.97 Å². The molecule has 0 amide bonds. The van der Waals surface area contributed by atoms with Crippen molar-refractivity contribution in [2.45, 2.75) is 19.3 Å². The Morgan fingerprint density at radius 3 is 2.80 bits per heavy atom. The van der Waals surface area contributed by atoms with Crippen molar-refractivity contribution >= 4 is 0 Å². The molecule has 15 heavy (non-hydrogen) atoms. The number of aryl methyl sites for hydroxylation is 2. The van der Waals surface area contributed by atoms with Crippen LogP contribution >= 0.6 is 0 Å². The standard InChI is InChI=1S/C13H12N2/c1-2-9-14-12(5-1)13-8-7-10-4-3-6-11(10)15-13/h1-2,5,7-9H,3-4,6H2. The summed E-state index contributed by atoms with van der Waals surface area (Å²) >= 11 is 0. The molecule has 1 aliphatic rings. The van der Waals surface area contributed by atoms with Gasteiger partial charge in [0.25, 0.3) is 0 Å². The summed E-state index contributed by atoms with van der Waals surface area (Å²) in [5.74, 6) is 0. The van der Waals surface area contributed by atoms with Crippen LogP contribution in [0.4, 0.5) is 0 Å². The molecular formula is C13H12N2. The van der Waals surface area contributed by atoms with Gasteiger partial charge < -0.3 is 0 Å². The Hall–Kier alpha value is -1.70. The van der Waals surface area contributed by atoms with Gasteiger partial charge in [-0.1, -0.05) is 12.1 Å². The van der Waals surface area contributed by atoms with E-state index in [1.54, 1.807) is 0 Å². The lowest BCUT2D eigenvalue weighted by Crippen LogP contribution is -1.92. The Bertz CT molecular complexity index is 477. The quantitative estimate of drug-likeness (QED) is 0.700. The lowest BCUT2D eigenvalue weighted by molar-refractivity contribution is 0.899. The van der Waals surface area contributed by atoms with Crippen LogP contribution in [0.3, 0.4) is 0 Å². The second-order valence-corrected chi connectivity index (χ2v) is 3.87. The number of hydrogen-bond acceptors (Lipinski definition) is 2. The van der Waals surface area contributed by atoms with Gasteiger partial charge in [-0.2, -0.15) is 0 Å². The number of hydrogen-bond donors (Lipinski definition) is 0. The van der Waals surface area contributed by atoms with E-state index in [4.69, 9.17) is 0 Å². The van der Waals surface area contributed by atoms with Crippen molar-refractivity contribution < 1.29 is 0 Å². The molecule has 0 atom stereocenters. The maximum absolute atomic E-state index is 4.66. The third kappa shape index (κ3) is 1.52. The van der Waals surface area contributed by atoms with Gasteiger partial charge in [0.15, 0.2) is 0 Å². The van der Waals surface area contributed by atoms with E-state index in [0.29, 0.717) is 0 Å². The topological polar surface area (TPSA) is 25.8 Å². The Morgan fingerprint density at radius 1 is 0.933 bits per heavy atom. The molecule has 0 N–H and O–H groups in total. The minimum atomic E-state index is 0.965. The van der Waals surface area contributed by atoms with Crippen molar-refractivity contribution in [3.63, 3.8) is 0 Å². The predicted molar refractivity (Wildman–Crippen MR) is 59.5 cm³/mol. The normalized spacial score (nSPS) is 13.9. The summed E-state index contributed by atoms with van der Waals surface area (Å²) in [7, 11) is 0. The van der Waals surface area contributed by atoms with E-state index in [1.807, 2.05) is 24.4 Å². The molecule has 2 nitrogen and oxygen atoms in total. The van der Waals surface area contributed by atoms with Crippen molar-refractivity contribution in [2.24, 2.45) is 0 Å². The molecule has 0 saturated heterocycles. The van der Waals surface area contributed by atoms with Gasteiger partial charge in [-0.15, -0.1) is 0 Å². The molecule has 2 heteroatoms. The largest absolute Gasteiger partial charge is 0.255 e. The maximum atomic E-state index is 4.66. The number of rotatable bonds is 1. The summed E-state index contributed by atoms with van der Waals surface area (Å²) < 4.78 is 0. The number of pyridine rings is 2. The Balaban J connectivity index is 2.07. The summed E-state index contributed by atoms with van der Waals surface area (Å²) in [6.07, 6.45) is 5.36. The number of fused-ring (bicyclic) bond motifs is 1. The molecule has 2 heterocycles. The molecule has 74 valence electrons. The first kappa shape index (κ1) is 8.60. The van der Waals surface area contributed by atoms with E-state index in [9.17, 15) is 0 Å². The second kappa shape index (κ2) is 3.46. The van der Waals surface area contributed by atoms with Crippen LogP contribution in [-0.2, 0) is 12.8 Å². The van der Waals surface area contributed by atoms with Crippen LogP contribution in [0, 0.1) is 0 Å². The van der Waals surface area contributed by atoms with E-state index in [-0.39, 0.29) is 0 Å². The van der Waals surface area contributed by atoms with Gasteiger partial charge in [0, 0.05) is 11.9 Å². The highest BCUT2D eigenvalue weighted by molar-refractivity contribution is 5.54. The predicted octanol–water partition coefficient (Wildman–Crippen LogP) is 2.63. The summed E-state index contributed by atoms with van der Waals surface area (Å²) in [4.78, 5) is 8.97. The monoisotopic (exact) mass is 196 g/mol. The molecular weight excluding hydrogens is 184 g/mol. The average molecular weight is 196 g/mol. The van der Waals surface area contributed by atoms with Crippen molar-refractivity contribution in [1.82, 2.24) is 9.97 Å². The SMILES string of the molecule is c1ccc(-c2ccc3c(n2)CCC3)nc1. The Kier molecular flexibility index (Phi) is 1.98. The summed E-state index contributed by atoms with van der Waals surface area (Å²) in [6.45, 7) is 0. The van der Waals surface area contributed by atoms with Crippen LogP contribution in [0.5, 0.6) is 0 Å². The van der Waals surface area contributed by atoms with Gasteiger partial charge in [0.1, 0.15) is 0 Å². The molecule has 3 rings (SSSR count). The van der Waals surface area contributed by atoms with Crippen LogP contribution in [0.2, 0.25) is 0 Å². The van der Waals surface area contributed by atoms with Gasteiger partial charge in [0.2, 0.25) is 0 Å². The molecule has 0 saturated carbocycles. The molecule has 1 aliphatic carbocycles. The lowest BCUT2D eigenvalue weighted by atomic mass is 10.2. The van der Waals surface area contributed by atoms with Crippen LogP contribution < -0.4 is 0 Å². The van der Waals surface area contributed by atoms with Crippen LogP contribution in [0.25, 0.3) is 11.4 Å². The van der Waals surface area contributed by atoms with Crippen molar-refractivity contribution in [1.29, 1.82) is 0 Å². The molecule has 2 aromatic rings. The molecule has 0 bridgehead atoms. The first-order valence-electron chi connectivity index (χ1n) is 5.34. The van der Waals surface area contributed by atoms with E-state index in [1.165, 1.54) is 24.1 Å². The zero-order valence-electron chi connectivity index (χ0n) is 8.48. The van der Waals surface area contributed by atoms with Crippen LogP contribution in [0.1, 0.15) is 17.7 Å². The molecule has 0 aromatic carbocycles. The average Bonchev–Trinajstić information content (AvgIpc) is 2.77. The molecule has 0 spiro atoms. The maximum Gasteiger partial charge on any atom is 0.0889 e. The van der Waals surface area contributed by atoms with Crippen molar-refractivity contribution in [3.8, 4) is 11.4 Å². The van der Waals surface area contributed by atoms with E-state index >= 15 is 0 Å². The van der Waals surface area contributed by atoms with E-state index < -0.39 is 0 Å². The third-order valence-electron chi connectivity index (χ3n) is 2.86. The van der Waals surface area contributed by atoms with E-state index in [0.717, 1.165) is 17.8 Å². The molecule has 0 radical (unpaired) electrons. The van der Waals surface area contributed by atoms with Crippen molar-refractivity contribution in [3.05, 3.63) is 47.8 Å². The van der Waals surface area contributed by atoms with Crippen LogP contribution in [-0.4, -0.2) is 9.97 Å². The summed E-state index contributed by atoms with van der Waals surface area (Å²) in [5, 5.41) is 0. The fraction of sp³-hybridized carbons (Fsp3) is 0.231. The minimum Gasteiger partial charge on any atom is -0.255 e. The zero-order chi connectivity index (χ0) is 10.1. The summed E-state index contributed by atoms with van der Waals surface area (Å²) in [5.41, 5.74) is 4.64. The highest BCUT2D eigenvalue weighted by Gasteiger charge is 2.12. The minimum absolute atomic E-state index is 0.965. The molecule has 2 aromatic heterocycles. The third-order valence-corrected chi connectivity index (χ3v) is 2.86. The first-order valence-corrected chi connectivity index (χ1v) is 5.34. The molecule has 0 unspecified atom stereocenters. The number of nitrogens with zero attached hydrogens (tertiary/aromatic N) is 2. The molecule has 0 fully saturated rings. The highest BCUT2D eigenvalue weighted by atomic mass is 14.8. The second-order valence-electron chi connectivity index (χ2n) is 3.87. The van der Waals surface area contributed by atoms with Gasteiger partial charge >= 0.3 is 0 Å². The van der Waals surface area contributed by atoms with Gasteiger partial charge in [-0.05, 0) is 43.0 Å². The van der Waals surface area contributed by atoms with Crippen LogP contribution in [0.15, 0.2) is 36.5 Å². The zero-order valence-corrected chi connectivity index (χ0v) is 8.48. The lowest BCUT2D eigenvalue weighted by Gasteiger charge is -2.02. The summed E-state index contributed by atoms with van der Waals surface area (Å²) in [6, 6.07) is 10.2. The fourth-order valence-corrected chi connectivity index (χ4v) is 2.08. The smallest absolute Gasteiger partial charge is 0.0889 e. The Labute approximate surface area is 89.0 Å². The highest BCUT2D eigenvalue weighted by Crippen LogP contribution is 2.23. The van der Waals surface area contributed by atoms with Gasteiger partial charge in [0.05, 0.1) is 11.4 Å². The molecule has 0 aliphatic heterocycles. The van der Waals surface area contributed by atoms with Crippen molar-refractivity contribution in [2.75, 3.05) is 0 Å². The van der Waals surface area contributed by atoms with Gasteiger partial charge in [-0.25, -0.2) is 0 Å². The number of aromatic nitrogens is 2. The fourth-order valence-electron chi connectivity index (χ4n) is 2.08. The first-order chi connectivity index (χ1) is 7.43. The Morgan fingerprint density at radius 2 is 1.93 bits per heavy atom. The van der Waals surface area contributed by atoms with E-state index in [2.05, 4.69) is 22.1 Å².